The summed E-state index contributed by atoms with van der Waals surface area (Å²) in [5, 5.41) is 0. The maximum absolute atomic E-state index is 12.7. The van der Waals surface area contributed by atoms with E-state index >= 15 is 0 Å². The lowest BCUT2D eigenvalue weighted by atomic mass is 10.1. The number of ether oxygens (including phenoxy) is 1. The van der Waals surface area contributed by atoms with Gasteiger partial charge in [0.15, 0.2) is 5.78 Å². The molecule has 0 aliphatic heterocycles. The molecule has 4 nitrogen and oxygen atoms in total. The Morgan fingerprint density at radius 1 is 0.960 bits per heavy atom. The van der Waals surface area contributed by atoms with Crippen LogP contribution in [0.15, 0.2) is 76.5 Å². The zero-order valence-electron chi connectivity index (χ0n) is 13.8. The predicted octanol–water partition coefficient (Wildman–Crippen LogP) is 4.07. The number of carbonyl (C=O) groups excluding carboxylic acids is 3. The fourth-order valence-corrected chi connectivity index (χ4v) is 2.93. The Labute approximate surface area is 150 Å². The molecule has 0 aliphatic rings. The average molecular weight is 354 g/mol. The van der Waals surface area contributed by atoms with E-state index in [1.807, 2.05) is 36.4 Å². The number of benzene rings is 2. The van der Waals surface area contributed by atoms with Crippen LogP contribution in [0.4, 0.5) is 0 Å². The largest absolute Gasteiger partial charge is 0.460 e. The highest BCUT2D eigenvalue weighted by Crippen LogP contribution is 2.29. The highest BCUT2D eigenvalue weighted by molar-refractivity contribution is 8.04. The van der Waals surface area contributed by atoms with E-state index in [2.05, 4.69) is 4.74 Å². The lowest BCUT2D eigenvalue weighted by Crippen LogP contribution is -2.16. The van der Waals surface area contributed by atoms with Gasteiger partial charge in [0.2, 0.25) is 5.78 Å². The summed E-state index contributed by atoms with van der Waals surface area (Å²) in [6, 6.07) is 18.2. The Kier molecular flexibility index (Phi) is 7.16. The smallest absolute Gasteiger partial charge is 0.374 e. The monoisotopic (exact) mass is 354 g/mol. The summed E-state index contributed by atoms with van der Waals surface area (Å²) < 4.78 is 4.69. The molecule has 0 N–H and O–H groups in total. The molecule has 2 rings (SSSR count). The van der Waals surface area contributed by atoms with Crippen molar-refractivity contribution in [2.45, 2.75) is 18.2 Å². The summed E-state index contributed by atoms with van der Waals surface area (Å²) in [4.78, 5) is 37.3. The quantitative estimate of drug-likeness (QED) is 0.235. The van der Waals surface area contributed by atoms with E-state index in [-0.39, 0.29) is 18.8 Å². The second-order valence-corrected chi connectivity index (χ2v) is 6.14. The molecule has 0 aromatic heterocycles. The number of hydrogen-bond acceptors (Lipinski definition) is 5. The summed E-state index contributed by atoms with van der Waals surface area (Å²) in [7, 11) is 0. The zero-order valence-corrected chi connectivity index (χ0v) is 14.6. The van der Waals surface area contributed by atoms with Crippen LogP contribution in [0.1, 0.15) is 23.7 Å². The summed E-state index contributed by atoms with van der Waals surface area (Å²) in [6.07, 6.45) is 1.32. The Morgan fingerprint density at radius 3 is 2.16 bits per heavy atom. The molecule has 0 saturated heterocycles. The van der Waals surface area contributed by atoms with Crippen LogP contribution in [0, 0.1) is 0 Å². The highest BCUT2D eigenvalue weighted by atomic mass is 32.2. The van der Waals surface area contributed by atoms with Crippen molar-refractivity contribution < 1.29 is 19.1 Å². The lowest BCUT2D eigenvalue weighted by Gasteiger charge is -2.07. The van der Waals surface area contributed by atoms with E-state index in [1.54, 1.807) is 31.2 Å². The third-order valence-electron chi connectivity index (χ3n) is 3.21. The number of allylic oxidation sites excluding steroid dienone is 2. The fraction of sp³-hybridized carbons (Fsp3) is 0.150. The molecule has 0 spiro atoms. The number of rotatable bonds is 8. The highest BCUT2D eigenvalue weighted by Gasteiger charge is 2.17. The van der Waals surface area contributed by atoms with Crippen LogP contribution >= 0.6 is 11.8 Å². The number of carbonyl (C=O) groups is 3. The average Bonchev–Trinajstić information content (AvgIpc) is 2.66. The van der Waals surface area contributed by atoms with Gasteiger partial charge in [0.25, 0.3) is 0 Å². The summed E-state index contributed by atoms with van der Waals surface area (Å²) >= 11 is 1.27. The standard InChI is InChI=1S/C20H18O4S/c1-2-24-20(23)17(21)13-14-18(25-16-11-7-4-8-12-16)19(22)15-9-5-3-6-10-15/h3-12,14H,2,13H2,1H3. The molecule has 5 heteroatoms. The summed E-state index contributed by atoms with van der Waals surface area (Å²) in [5.41, 5.74) is 0.528. The molecular formula is C20H18O4S. The van der Waals surface area contributed by atoms with Crippen LogP contribution in [0.3, 0.4) is 0 Å². The Bertz CT molecular complexity index is 767. The van der Waals surface area contributed by atoms with Crippen molar-refractivity contribution in [3.8, 4) is 0 Å². The van der Waals surface area contributed by atoms with Gasteiger partial charge in [-0.2, -0.15) is 0 Å². The lowest BCUT2D eigenvalue weighted by molar-refractivity contribution is -0.153. The van der Waals surface area contributed by atoms with Crippen molar-refractivity contribution >= 4 is 29.3 Å². The predicted molar refractivity (Wildman–Crippen MR) is 97.4 cm³/mol. The molecule has 0 fully saturated rings. The molecule has 0 atom stereocenters. The van der Waals surface area contributed by atoms with E-state index < -0.39 is 11.8 Å². The van der Waals surface area contributed by atoms with Gasteiger partial charge < -0.3 is 4.74 Å². The maximum Gasteiger partial charge on any atom is 0.374 e. The van der Waals surface area contributed by atoms with Crippen molar-refractivity contribution in [1.82, 2.24) is 0 Å². The molecule has 0 saturated carbocycles. The van der Waals surface area contributed by atoms with Crippen LogP contribution in [0.5, 0.6) is 0 Å². The third-order valence-corrected chi connectivity index (χ3v) is 4.29. The molecule has 0 radical (unpaired) electrons. The molecule has 2 aromatic carbocycles. The number of esters is 1. The van der Waals surface area contributed by atoms with Crippen LogP contribution in [0.25, 0.3) is 0 Å². The minimum absolute atomic E-state index is 0.142. The van der Waals surface area contributed by atoms with E-state index in [1.165, 1.54) is 17.8 Å². The Morgan fingerprint density at radius 2 is 1.56 bits per heavy atom. The molecular weight excluding hydrogens is 336 g/mol. The Hall–Kier alpha value is -2.66. The maximum atomic E-state index is 12.7. The van der Waals surface area contributed by atoms with Gasteiger partial charge in [0.05, 0.1) is 11.5 Å². The first-order valence-corrected chi connectivity index (χ1v) is 8.66. The van der Waals surface area contributed by atoms with Gasteiger partial charge in [-0.1, -0.05) is 66.4 Å². The van der Waals surface area contributed by atoms with Gasteiger partial charge in [0.1, 0.15) is 0 Å². The molecule has 0 unspecified atom stereocenters. The first-order chi connectivity index (χ1) is 12.1. The van der Waals surface area contributed by atoms with Crippen molar-refractivity contribution in [2.75, 3.05) is 6.61 Å². The number of ketones is 2. The Balaban J connectivity index is 2.22. The molecule has 128 valence electrons. The van der Waals surface area contributed by atoms with E-state index in [4.69, 9.17) is 0 Å². The van der Waals surface area contributed by atoms with Crippen LogP contribution in [-0.2, 0) is 14.3 Å². The second kappa shape index (κ2) is 9.59. The van der Waals surface area contributed by atoms with Gasteiger partial charge in [-0.05, 0) is 19.1 Å². The van der Waals surface area contributed by atoms with Crippen LogP contribution in [-0.4, -0.2) is 24.1 Å². The minimum atomic E-state index is -0.880. The summed E-state index contributed by atoms with van der Waals surface area (Å²) in [5.74, 6) is -1.74. The van der Waals surface area contributed by atoms with E-state index in [9.17, 15) is 14.4 Å². The van der Waals surface area contributed by atoms with E-state index in [0.717, 1.165) is 4.90 Å². The van der Waals surface area contributed by atoms with Crippen LogP contribution in [0.2, 0.25) is 0 Å². The van der Waals surface area contributed by atoms with Gasteiger partial charge >= 0.3 is 5.97 Å². The number of Topliss-reactive ketones (excluding diaryl/α,β-unsaturated/α-hetero) is 2. The molecule has 0 heterocycles. The van der Waals surface area contributed by atoms with Crippen LogP contribution < -0.4 is 0 Å². The molecule has 2 aromatic rings. The third kappa shape index (κ3) is 5.72. The minimum Gasteiger partial charge on any atom is -0.460 e. The topological polar surface area (TPSA) is 60.4 Å². The van der Waals surface area contributed by atoms with Gasteiger partial charge in [-0.15, -0.1) is 0 Å². The van der Waals surface area contributed by atoms with Crippen molar-refractivity contribution in [3.63, 3.8) is 0 Å². The summed E-state index contributed by atoms with van der Waals surface area (Å²) in [6.45, 7) is 1.78. The first kappa shape index (κ1) is 18.7. The second-order valence-electron chi connectivity index (χ2n) is 5.03. The number of thioether (sulfide) groups is 1. The van der Waals surface area contributed by atoms with Crippen molar-refractivity contribution in [2.24, 2.45) is 0 Å². The van der Waals surface area contributed by atoms with Gasteiger partial charge in [0, 0.05) is 16.9 Å². The number of hydrogen-bond donors (Lipinski definition) is 0. The van der Waals surface area contributed by atoms with E-state index in [0.29, 0.717) is 10.5 Å². The SMILES string of the molecule is CCOC(=O)C(=O)CC=C(Sc1ccccc1)C(=O)c1ccccc1. The normalized spacial score (nSPS) is 11.0. The zero-order chi connectivity index (χ0) is 18.1. The van der Waals surface area contributed by atoms with Gasteiger partial charge in [-0.25, -0.2) is 4.79 Å². The molecule has 0 bridgehead atoms. The fourth-order valence-electron chi connectivity index (χ4n) is 2.01. The van der Waals surface area contributed by atoms with Crippen molar-refractivity contribution in [3.05, 3.63) is 77.2 Å². The van der Waals surface area contributed by atoms with Gasteiger partial charge in [-0.3, -0.25) is 9.59 Å². The van der Waals surface area contributed by atoms with Crippen molar-refractivity contribution in [1.29, 1.82) is 0 Å². The molecule has 25 heavy (non-hydrogen) atoms. The molecule has 0 amide bonds. The first-order valence-electron chi connectivity index (χ1n) is 7.84. The molecule has 0 aliphatic carbocycles.